The second-order valence-corrected chi connectivity index (χ2v) is 14.0. The van der Waals surface area contributed by atoms with Gasteiger partial charge in [0.2, 0.25) is 5.91 Å². The second kappa shape index (κ2) is 38.2. The summed E-state index contributed by atoms with van der Waals surface area (Å²) in [5, 5.41) is 2.88. The van der Waals surface area contributed by atoms with Crippen molar-refractivity contribution in [1.29, 1.82) is 0 Å². The Hall–Kier alpha value is -1.63. The molecule has 0 aromatic heterocycles. The van der Waals surface area contributed by atoms with E-state index in [0.29, 0.717) is 12.8 Å². The molecule has 48 heavy (non-hydrogen) atoms. The van der Waals surface area contributed by atoms with E-state index in [1.165, 1.54) is 116 Å². The van der Waals surface area contributed by atoms with E-state index < -0.39 is 6.10 Å². The number of hydrogen-bond acceptors (Lipinski definition) is 5. The zero-order chi connectivity index (χ0) is 35.2. The Balaban J connectivity index is 3.95. The molecule has 1 N–H and O–H groups in total. The summed E-state index contributed by atoms with van der Waals surface area (Å²) in [6.07, 6.45) is 40.7. The number of amides is 1. The molecule has 0 saturated carbocycles. The molecule has 0 spiro atoms. The van der Waals surface area contributed by atoms with Gasteiger partial charge >= 0.3 is 11.9 Å². The van der Waals surface area contributed by atoms with Crippen LogP contribution in [0.1, 0.15) is 194 Å². The lowest BCUT2D eigenvalue weighted by molar-refractivity contribution is -0.159. The highest BCUT2D eigenvalue weighted by Crippen LogP contribution is 2.13. The van der Waals surface area contributed by atoms with Crippen LogP contribution in [0.15, 0.2) is 24.3 Å². The number of alkyl halides is 1. The van der Waals surface area contributed by atoms with Crippen LogP contribution in [0.3, 0.4) is 0 Å². The molecule has 0 rings (SSSR count). The molecule has 1 amide bonds. The number of carbonyl (C=O) groups is 3. The van der Waals surface area contributed by atoms with Crippen molar-refractivity contribution >= 4 is 33.8 Å². The van der Waals surface area contributed by atoms with E-state index in [9.17, 15) is 14.4 Å². The van der Waals surface area contributed by atoms with Crippen molar-refractivity contribution in [2.75, 3.05) is 18.5 Å². The summed E-state index contributed by atoms with van der Waals surface area (Å²) in [6.45, 7) is 4.61. The van der Waals surface area contributed by atoms with E-state index in [2.05, 4.69) is 59.4 Å². The minimum atomic E-state index is -0.679. The van der Waals surface area contributed by atoms with Gasteiger partial charge < -0.3 is 14.8 Å². The van der Waals surface area contributed by atoms with Crippen LogP contribution in [0.25, 0.3) is 0 Å². The van der Waals surface area contributed by atoms with Crippen LogP contribution in [-0.2, 0) is 23.9 Å². The second-order valence-electron chi connectivity index (χ2n) is 13.4. The predicted molar refractivity (Wildman–Crippen MR) is 207 cm³/mol. The zero-order valence-electron chi connectivity index (χ0n) is 31.2. The van der Waals surface area contributed by atoms with Crippen molar-refractivity contribution in [3.05, 3.63) is 24.3 Å². The van der Waals surface area contributed by atoms with Gasteiger partial charge in [0, 0.05) is 12.8 Å². The van der Waals surface area contributed by atoms with Crippen LogP contribution < -0.4 is 5.32 Å². The first-order valence-electron chi connectivity index (χ1n) is 20.0. The summed E-state index contributed by atoms with van der Waals surface area (Å²) in [5.74, 6) is -0.787. The quantitative estimate of drug-likeness (QED) is 0.0299. The molecule has 280 valence electrons. The predicted octanol–water partition coefficient (Wildman–Crippen LogP) is 12.0. The summed E-state index contributed by atoms with van der Waals surface area (Å²) < 4.78 is 11.0. The lowest BCUT2D eigenvalue weighted by Gasteiger charge is -2.18. The van der Waals surface area contributed by atoms with Gasteiger partial charge in [-0.1, -0.05) is 157 Å². The first kappa shape index (κ1) is 46.4. The van der Waals surface area contributed by atoms with Crippen LogP contribution >= 0.6 is 15.9 Å². The molecule has 0 bridgehead atoms. The Morgan fingerprint density at radius 1 is 0.542 bits per heavy atom. The van der Waals surface area contributed by atoms with Crippen LogP contribution in [0, 0.1) is 0 Å². The van der Waals surface area contributed by atoms with E-state index in [1.54, 1.807) is 0 Å². The standard InChI is InChI=1S/C41H74BrNO5/c1-3-5-7-9-11-13-15-17-19-21-23-25-27-29-31-33-40(45)47-37-38(36-43-39(44)35-42)48-41(46)34-32-30-28-26-24-22-20-18-16-14-12-10-8-6-4-2/h17-20,38H,3-16,21-37H2,1-2H3,(H,43,44)/b19-17-,20-18-/t38-/m0/s1. The van der Waals surface area contributed by atoms with Gasteiger partial charge in [-0.15, -0.1) is 0 Å². The SMILES string of the molecule is CCCCCCCC/C=C\CCCCCCCC(=O)OC[C@H](CNC(=O)CBr)OC(=O)CCCCCCC/C=C\CCCCCCCC. The van der Waals surface area contributed by atoms with Gasteiger partial charge in [0.05, 0.1) is 11.9 Å². The molecule has 0 fully saturated rings. The highest BCUT2D eigenvalue weighted by Gasteiger charge is 2.18. The third-order valence-corrected chi connectivity index (χ3v) is 9.17. The molecule has 0 radical (unpaired) electrons. The molecule has 0 saturated heterocycles. The maximum Gasteiger partial charge on any atom is 0.306 e. The van der Waals surface area contributed by atoms with Crippen molar-refractivity contribution in [3.8, 4) is 0 Å². The largest absolute Gasteiger partial charge is 0.462 e. The molecule has 0 aromatic carbocycles. The fourth-order valence-electron chi connectivity index (χ4n) is 5.59. The molecule has 6 nitrogen and oxygen atoms in total. The highest BCUT2D eigenvalue weighted by atomic mass is 79.9. The highest BCUT2D eigenvalue weighted by molar-refractivity contribution is 9.09. The van der Waals surface area contributed by atoms with Crippen LogP contribution in [0.4, 0.5) is 0 Å². The minimum Gasteiger partial charge on any atom is -0.462 e. The summed E-state index contributed by atoms with van der Waals surface area (Å²) in [6, 6.07) is 0. The fourth-order valence-corrected chi connectivity index (χ4v) is 5.79. The molecular weight excluding hydrogens is 666 g/mol. The number of carbonyl (C=O) groups excluding carboxylic acids is 3. The summed E-state index contributed by atoms with van der Waals surface area (Å²) >= 11 is 3.13. The maximum absolute atomic E-state index is 12.5. The molecule has 0 aromatic rings. The van der Waals surface area contributed by atoms with Gasteiger partial charge in [-0.25, -0.2) is 0 Å². The third-order valence-electron chi connectivity index (χ3n) is 8.66. The van der Waals surface area contributed by atoms with Gasteiger partial charge in [-0.3, -0.25) is 14.4 Å². The number of halogens is 1. The summed E-state index contributed by atoms with van der Waals surface area (Å²) in [4.78, 5) is 36.5. The Labute approximate surface area is 304 Å². The molecule has 1 atom stereocenters. The Morgan fingerprint density at radius 2 is 0.917 bits per heavy atom. The lowest BCUT2D eigenvalue weighted by Crippen LogP contribution is -2.38. The number of hydrogen-bond donors (Lipinski definition) is 1. The maximum atomic E-state index is 12.5. The number of unbranched alkanes of at least 4 members (excludes halogenated alkanes) is 22. The van der Waals surface area contributed by atoms with E-state index in [1.807, 2.05) is 0 Å². The van der Waals surface area contributed by atoms with Gasteiger partial charge in [0.1, 0.15) is 6.61 Å². The van der Waals surface area contributed by atoms with Gasteiger partial charge in [-0.2, -0.15) is 0 Å². The monoisotopic (exact) mass is 739 g/mol. The van der Waals surface area contributed by atoms with E-state index in [4.69, 9.17) is 9.47 Å². The molecule has 0 aliphatic heterocycles. The van der Waals surface area contributed by atoms with E-state index >= 15 is 0 Å². The minimum absolute atomic E-state index is 0.0371. The first-order valence-corrected chi connectivity index (χ1v) is 21.1. The summed E-state index contributed by atoms with van der Waals surface area (Å²) in [7, 11) is 0. The van der Waals surface area contributed by atoms with Crippen molar-refractivity contribution in [2.24, 2.45) is 0 Å². The van der Waals surface area contributed by atoms with Gasteiger partial charge in [0.25, 0.3) is 0 Å². The number of nitrogens with one attached hydrogen (secondary N) is 1. The van der Waals surface area contributed by atoms with Crippen LogP contribution in [0.5, 0.6) is 0 Å². The Bertz CT molecular complexity index is 800. The van der Waals surface area contributed by atoms with Crippen molar-refractivity contribution < 1.29 is 23.9 Å². The smallest absolute Gasteiger partial charge is 0.306 e. The van der Waals surface area contributed by atoms with Gasteiger partial charge in [-0.05, 0) is 64.2 Å². The number of ether oxygens (including phenoxy) is 2. The molecule has 7 heteroatoms. The summed E-state index contributed by atoms with van der Waals surface area (Å²) in [5.41, 5.74) is 0. The zero-order valence-corrected chi connectivity index (χ0v) is 32.8. The van der Waals surface area contributed by atoms with Crippen LogP contribution in [-0.4, -0.2) is 42.4 Å². The molecule has 0 aliphatic carbocycles. The third kappa shape index (κ3) is 35.7. The molecular formula is C41H74BrNO5. The topological polar surface area (TPSA) is 81.7 Å². The van der Waals surface area contributed by atoms with E-state index in [-0.39, 0.29) is 36.3 Å². The molecule has 0 aliphatic rings. The van der Waals surface area contributed by atoms with Gasteiger partial charge in [0.15, 0.2) is 6.10 Å². The molecule has 0 heterocycles. The van der Waals surface area contributed by atoms with Crippen molar-refractivity contribution in [1.82, 2.24) is 5.32 Å². The normalized spacial score (nSPS) is 12.1. The van der Waals surface area contributed by atoms with Crippen molar-refractivity contribution in [3.63, 3.8) is 0 Å². The first-order chi connectivity index (χ1) is 23.5. The average molecular weight is 741 g/mol. The Morgan fingerprint density at radius 3 is 1.33 bits per heavy atom. The average Bonchev–Trinajstić information content (AvgIpc) is 3.09. The lowest BCUT2D eigenvalue weighted by atomic mass is 10.1. The number of esters is 2. The fraction of sp³-hybridized carbons (Fsp3) is 0.829. The Kier molecular flexibility index (Phi) is 36.9. The number of rotatable bonds is 36. The number of allylic oxidation sites excluding steroid dienone is 4. The van der Waals surface area contributed by atoms with Crippen molar-refractivity contribution in [2.45, 2.75) is 200 Å². The van der Waals surface area contributed by atoms with Crippen LogP contribution in [0.2, 0.25) is 0 Å². The van der Waals surface area contributed by atoms with E-state index in [0.717, 1.165) is 51.4 Å². The molecule has 0 unspecified atom stereocenters.